The van der Waals surface area contributed by atoms with Crippen molar-refractivity contribution >= 4 is 74.7 Å². The minimum Gasteiger partial charge on any atom is -0.496 e. The number of sulfonamides is 1. The zero-order chi connectivity index (χ0) is 21.5. The van der Waals surface area contributed by atoms with E-state index >= 15 is 0 Å². The highest BCUT2D eigenvalue weighted by Gasteiger charge is 2.30. The second-order valence-electron chi connectivity index (χ2n) is 6.66. The standard InChI is InChI=1S/C19H18Br2FN3O3S2/c1-28-14-3-2-4-15-16(14)18(25-7-5-23-6-8-25)19(29-15)30(26,27)24-13-10-11(20)9-12(22)17(13)21/h2-4,9-10,23-24H,5-8H2,1H3. The van der Waals surface area contributed by atoms with Crippen molar-refractivity contribution in [2.24, 2.45) is 0 Å². The van der Waals surface area contributed by atoms with Gasteiger partial charge < -0.3 is 15.0 Å². The highest BCUT2D eigenvalue weighted by Crippen LogP contribution is 2.46. The number of halogens is 3. The second-order valence-corrected chi connectivity index (χ2v) is 11.3. The maximum absolute atomic E-state index is 14.1. The molecule has 0 aliphatic carbocycles. The van der Waals surface area contributed by atoms with E-state index in [1.807, 2.05) is 18.2 Å². The summed E-state index contributed by atoms with van der Waals surface area (Å²) < 4.78 is 50.6. The van der Waals surface area contributed by atoms with Gasteiger partial charge in [-0.1, -0.05) is 22.0 Å². The van der Waals surface area contributed by atoms with Crippen molar-refractivity contribution in [2.75, 3.05) is 42.9 Å². The molecule has 0 radical (unpaired) electrons. The number of hydrogen-bond acceptors (Lipinski definition) is 6. The highest BCUT2D eigenvalue weighted by molar-refractivity contribution is 9.11. The Balaban J connectivity index is 1.89. The van der Waals surface area contributed by atoms with Gasteiger partial charge in [0.15, 0.2) is 4.21 Å². The molecule has 4 rings (SSSR count). The van der Waals surface area contributed by atoms with Crippen molar-refractivity contribution in [3.63, 3.8) is 0 Å². The summed E-state index contributed by atoms with van der Waals surface area (Å²) in [5.74, 6) is 0.0517. The summed E-state index contributed by atoms with van der Waals surface area (Å²) in [7, 11) is -2.43. The van der Waals surface area contributed by atoms with E-state index in [9.17, 15) is 12.8 Å². The van der Waals surface area contributed by atoms with Crippen LogP contribution in [0.1, 0.15) is 0 Å². The molecule has 1 saturated heterocycles. The van der Waals surface area contributed by atoms with Crippen molar-refractivity contribution < 1.29 is 17.5 Å². The number of rotatable bonds is 5. The first-order valence-electron chi connectivity index (χ1n) is 9.04. The average molecular weight is 579 g/mol. The van der Waals surface area contributed by atoms with E-state index in [1.54, 1.807) is 7.11 Å². The third-order valence-electron chi connectivity index (χ3n) is 4.76. The normalized spacial score (nSPS) is 14.9. The van der Waals surface area contributed by atoms with Crippen molar-refractivity contribution in [3.05, 3.63) is 45.1 Å². The lowest BCUT2D eigenvalue weighted by Crippen LogP contribution is -2.44. The maximum Gasteiger partial charge on any atom is 0.273 e. The van der Waals surface area contributed by atoms with Gasteiger partial charge in [0, 0.05) is 35.4 Å². The zero-order valence-electron chi connectivity index (χ0n) is 15.8. The molecule has 1 aliphatic rings. The highest BCUT2D eigenvalue weighted by atomic mass is 79.9. The molecule has 1 aliphatic heterocycles. The Morgan fingerprint density at radius 2 is 1.97 bits per heavy atom. The summed E-state index contributed by atoms with van der Waals surface area (Å²) in [5.41, 5.74) is 0.741. The number of fused-ring (bicyclic) bond motifs is 1. The van der Waals surface area contributed by atoms with Gasteiger partial charge in [0.2, 0.25) is 0 Å². The van der Waals surface area contributed by atoms with E-state index < -0.39 is 15.8 Å². The SMILES string of the molecule is COc1cccc2sc(S(=O)(=O)Nc3cc(Br)cc(F)c3Br)c(N3CCNCC3)c12. The summed E-state index contributed by atoms with van der Waals surface area (Å²) >= 11 is 7.52. The van der Waals surface area contributed by atoms with E-state index in [0.717, 1.165) is 23.2 Å². The molecular formula is C19H18Br2FN3O3S2. The number of nitrogens with zero attached hydrogens (tertiary/aromatic N) is 1. The van der Waals surface area contributed by atoms with Gasteiger partial charge in [0.05, 0.1) is 28.3 Å². The number of benzene rings is 2. The van der Waals surface area contributed by atoms with Gasteiger partial charge in [0.1, 0.15) is 11.6 Å². The predicted octanol–water partition coefficient (Wildman–Crippen LogP) is 4.78. The van der Waals surface area contributed by atoms with Gasteiger partial charge in [-0.25, -0.2) is 12.8 Å². The Kier molecular flexibility index (Phi) is 6.27. The maximum atomic E-state index is 14.1. The summed E-state index contributed by atoms with van der Waals surface area (Å²) in [6.07, 6.45) is 0. The predicted molar refractivity (Wildman–Crippen MR) is 126 cm³/mol. The van der Waals surface area contributed by atoms with E-state index in [-0.39, 0.29) is 14.4 Å². The van der Waals surface area contributed by atoms with Crippen LogP contribution in [0.25, 0.3) is 10.1 Å². The smallest absolute Gasteiger partial charge is 0.273 e. The van der Waals surface area contributed by atoms with Gasteiger partial charge in [-0.05, 0) is 40.2 Å². The number of hydrogen-bond donors (Lipinski definition) is 2. The first-order chi connectivity index (χ1) is 14.3. The first kappa shape index (κ1) is 21.8. The minimum absolute atomic E-state index is 0.0525. The molecule has 2 aromatic carbocycles. The van der Waals surface area contributed by atoms with Crippen molar-refractivity contribution in [3.8, 4) is 5.75 Å². The third kappa shape index (κ3) is 4.05. The van der Waals surface area contributed by atoms with E-state index in [2.05, 4.69) is 46.8 Å². The molecule has 2 heterocycles. The van der Waals surface area contributed by atoms with E-state index in [4.69, 9.17) is 4.74 Å². The number of ether oxygens (including phenoxy) is 1. The molecule has 2 N–H and O–H groups in total. The van der Waals surface area contributed by atoms with Gasteiger partial charge >= 0.3 is 0 Å². The van der Waals surface area contributed by atoms with Crippen molar-refractivity contribution in [2.45, 2.75) is 4.21 Å². The largest absolute Gasteiger partial charge is 0.496 e. The van der Waals surface area contributed by atoms with Crippen LogP contribution in [0.3, 0.4) is 0 Å². The second kappa shape index (κ2) is 8.62. The summed E-state index contributed by atoms with van der Waals surface area (Å²) in [5, 5.41) is 4.05. The molecule has 1 fully saturated rings. The van der Waals surface area contributed by atoms with E-state index in [0.29, 0.717) is 29.0 Å². The number of thiophene rings is 1. The van der Waals surface area contributed by atoms with Gasteiger partial charge in [-0.15, -0.1) is 11.3 Å². The van der Waals surface area contributed by atoms with Crippen LogP contribution in [0.5, 0.6) is 5.75 Å². The fraction of sp³-hybridized carbons (Fsp3) is 0.263. The molecule has 0 atom stereocenters. The monoisotopic (exact) mass is 577 g/mol. The van der Waals surface area contributed by atoms with Crippen LogP contribution in [0.4, 0.5) is 15.8 Å². The van der Waals surface area contributed by atoms with Gasteiger partial charge in [0.25, 0.3) is 10.0 Å². The van der Waals surface area contributed by atoms with Crippen LogP contribution in [0, 0.1) is 5.82 Å². The number of piperazine rings is 1. The zero-order valence-corrected chi connectivity index (χ0v) is 20.6. The Morgan fingerprint density at radius 1 is 1.23 bits per heavy atom. The van der Waals surface area contributed by atoms with Crippen LogP contribution in [0.2, 0.25) is 0 Å². The fourth-order valence-electron chi connectivity index (χ4n) is 3.43. The van der Waals surface area contributed by atoms with Crippen LogP contribution >= 0.6 is 43.2 Å². The summed E-state index contributed by atoms with van der Waals surface area (Å²) in [6, 6.07) is 8.32. The van der Waals surface area contributed by atoms with Crippen molar-refractivity contribution in [1.82, 2.24) is 5.32 Å². The first-order valence-corrected chi connectivity index (χ1v) is 12.9. The van der Waals surface area contributed by atoms with Crippen LogP contribution in [-0.4, -0.2) is 41.7 Å². The Hall–Kier alpha value is -1.40. The summed E-state index contributed by atoms with van der Waals surface area (Å²) in [4.78, 5) is 2.06. The molecule has 0 bridgehead atoms. The van der Waals surface area contributed by atoms with Crippen LogP contribution in [-0.2, 0) is 10.0 Å². The van der Waals surface area contributed by atoms with Gasteiger partial charge in [-0.3, -0.25) is 4.72 Å². The average Bonchev–Trinajstić information content (AvgIpc) is 3.13. The topological polar surface area (TPSA) is 70.7 Å². The Morgan fingerprint density at radius 3 is 2.67 bits per heavy atom. The molecule has 11 heteroatoms. The molecule has 0 amide bonds. The van der Waals surface area contributed by atoms with E-state index in [1.165, 1.54) is 23.5 Å². The summed E-state index contributed by atoms with van der Waals surface area (Å²) in [6.45, 7) is 2.84. The molecular weight excluding hydrogens is 561 g/mol. The number of nitrogens with one attached hydrogen (secondary N) is 2. The van der Waals surface area contributed by atoms with Crippen LogP contribution in [0.15, 0.2) is 43.5 Å². The molecule has 6 nitrogen and oxygen atoms in total. The molecule has 0 unspecified atom stereocenters. The molecule has 30 heavy (non-hydrogen) atoms. The molecule has 0 spiro atoms. The lowest BCUT2D eigenvalue weighted by molar-refractivity contribution is 0.420. The van der Waals surface area contributed by atoms with Crippen molar-refractivity contribution in [1.29, 1.82) is 0 Å². The lowest BCUT2D eigenvalue weighted by atomic mass is 10.2. The molecule has 1 aromatic heterocycles. The fourth-order valence-corrected chi connectivity index (χ4v) is 7.15. The van der Waals surface area contributed by atoms with Crippen LogP contribution < -0.4 is 19.7 Å². The quantitative estimate of drug-likeness (QED) is 0.426. The Bertz CT molecular complexity index is 1210. The molecule has 3 aromatic rings. The van der Waals surface area contributed by atoms with Gasteiger partial charge in [-0.2, -0.15) is 0 Å². The minimum atomic E-state index is -4.00. The third-order valence-corrected chi connectivity index (χ3v) is 9.04. The molecule has 0 saturated carbocycles. The number of anilines is 2. The molecule has 160 valence electrons. The lowest BCUT2D eigenvalue weighted by Gasteiger charge is -2.30. The number of methoxy groups -OCH3 is 1. The Labute approximate surface area is 194 Å².